The smallest absolute Gasteiger partial charge is 0.270 e. The Morgan fingerprint density at radius 2 is 1.65 bits per heavy atom. The minimum Gasteiger partial charge on any atom is -0.491 e. The molecule has 0 spiro atoms. The molecule has 6 rings (SSSR count). The summed E-state index contributed by atoms with van der Waals surface area (Å²) in [5.74, 6) is -0.167. The summed E-state index contributed by atoms with van der Waals surface area (Å²) in [5, 5.41) is 16.5. The molecule has 4 atom stereocenters. The van der Waals surface area contributed by atoms with Crippen LogP contribution in [0.1, 0.15) is 73.4 Å². The van der Waals surface area contributed by atoms with Crippen LogP contribution >= 0.6 is 0 Å². The summed E-state index contributed by atoms with van der Waals surface area (Å²) >= 11 is 0. The maximum absolute atomic E-state index is 14.3. The van der Waals surface area contributed by atoms with Gasteiger partial charge in [0.1, 0.15) is 42.5 Å². The summed E-state index contributed by atoms with van der Waals surface area (Å²) in [5.41, 5.74) is 1.75. The summed E-state index contributed by atoms with van der Waals surface area (Å²) in [6, 6.07) is 18.6. The zero-order chi connectivity index (χ0) is 37.2. The number of ether oxygens (including phenoxy) is 1. The van der Waals surface area contributed by atoms with E-state index in [1.165, 1.54) is 10.9 Å². The Balaban J connectivity index is 1.53. The van der Waals surface area contributed by atoms with Gasteiger partial charge in [0.15, 0.2) is 5.82 Å². The number of aryl methyl sites for hydroxylation is 1. The van der Waals surface area contributed by atoms with Gasteiger partial charge in [0.05, 0.1) is 12.1 Å². The molecule has 4 aromatic rings. The van der Waals surface area contributed by atoms with Gasteiger partial charge in [0.25, 0.3) is 5.91 Å². The summed E-state index contributed by atoms with van der Waals surface area (Å²) in [7, 11) is 0. The highest BCUT2D eigenvalue weighted by Gasteiger charge is 2.32. The number of nitrogens with zero attached hydrogens (tertiary/aromatic N) is 4. The monoisotopic (exact) mass is 708 g/mol. The van der Waals surface area contributed by atoms with E-state index in [1.54, 1.807) is 37.3 Å². The summed E-state index contributed by atoms with van der Waals surface area (Å²) < 4.78 is 7.65. The number of rotatable bonds is 7. The van der Waals surface area contributed by atoms with Gasteiger partial charge in [0, 0.05) is 19.0 Å². The van der Waals surface area contributed by atoms with Gasteiger partial charge in [-0.3, -0.25) is 24.2 Å². The zero-order valence-electron chi connectivity index (χ0n) is 30.3. The van der Waals surface area contributed by atoms with E-state index in [-0.39, 0.29) is 49.6 Å². The van der Waals surface area contributed by atoms with Crippen molar-refractivity contribution >= 4 is 23.6 Å². The van der Waals surface area contributed by atoms with Crippen LogP contribution in [0.25, 0.3) is 0 Å². The van der Waals surface area contributed by atoms with Crippen LogP contribution in [0.3, 0.4) is 0 Å². The number of hydrogen-bond donors (Lipinski definition) is 4. The van der Waals surface area contributed by atoms with Crippen molar-refractivity contribution in [1.29, 1.82) is 0 Å². The number of aromatic nitrogens is 4. The molecule has 13 heteroatoms. The third kappa shape index (κ3) is 10.5. The van der Waals surface area contributed by atoms with Gasteiger partial charge in [-0.1, -0.05) is 76.2 Å². The lowest BCUT2D eigenvalue weighted by Crippen LogP contribution is -2.55. The lowest BCUT2D eigenvalue weighted by molar-refractivity contribution is -0.130. The van der Waals surface area contributed by atoms with Crippen molar-refractivity contribution < 1.29 is 23.9 Å². The molecule has 0 unspecified atom stereocenters. The average Bonchev–Trinajstić information content (AvgIpc) is 3.47. The molecule has 2 aliphatic rings. The molecule has 0 saturated heterocycles. The van der Waals surface area contributed by atoms with Gasteiger partial charge < -0.3 is 26.0 Å². The fourth-order valence-electron chi connectivity index (χ4n) is 6.17. The second-order valence-corrected chi connectivity index (χ2v) is 14.0. The molecule has 13 nitrogen and oxygen atoms in total. The summed E-state index contributed by atoms with van der Waals surface area (Å²) in [6.07, 6.45) is 2.51. The van der Waals surface area contributed by atoms with E-state index in [4.69, 9.17) is 4.74 Å². The first-order valence-corrected chi connectivity index (χ1v) is 17.7. The first-order chi connectivity index (χ1) is 24.9. The van der Waals surface area contributed by atoms with Gasteiger partial charge in [-0.2, -0.15) is 5.10 Å². The van der Waals surface area contributed by atoms with E-state index >= 15 is 0 Å². The first-order valence-electron chi connectivity index (χ1n) is 17.7. The predicted octanol–water partition coefficient (Wildman–Crippen LogP) is 3.49. The topological polar surface area (TPSA) is 169 Å². The van der Waals surface area contributed by atoms with Gasteiger partial charge >= 0.3 is 0 Å². The van der Waals surface area contributed by atoms with Crippen LogP contribution in [-0.2, 0) is 33.8 Å². The van der Waals surface area contributed by atoms with Crippen LogP contribution in [0.5, 0.6) is 5.75 Å². The third-order valence-electron chi connectivity index (χ3n) is 8.71. The molecule has 4 N–H and O–H groups in total. The summed E-state index contributed by atoms with van der Waals surface area (Å²) in [4.78, 5) is 64.0. The van der Waals surface area contributed by atoms with Crippen molar-refractivity contribution in [3.63, 3.8) is 0 Å². The molecule has 2 aliphatic heterocycles. The Labute approximate surface area is 304 Å². The lowest BCUT2D eigenvalue weighted by Gasteiger charge is -2.27. The number of carbonyl (C=O) groups is 4. The molecule has 0 radical (unpaired) electrons. The third-order valence-corrected chi connectivity index (χ3v) is 8.71. The van der Waals surface area contributed by atoms with Crippen LogP contribution in [0.4, 0.5) is 0 Å². The van der Waals surface area contributed by atoms with E-state index in [1.807, 2.05) is 56.3 Å². The highest BCUT2D eigenvalue weighted by atomic mass is 16.5. The number of carbonyl (C=O) groups excluding carboxylic acids is 4. The number of hydrogen-bond acceptors (Lipinski definition) is 8. The Morgan fingerprint density at radius 3 is 2.33 bits per heavy atom. The number of benzene rings is 2. The number of fused-ring (bicyclic) bond motifs is 14. The molecular formula is C39H48N8O5. The lowest BCUT2D eigenvalue weighted by atomic mass is 10.00. The Hall–Kier alpha value is -5.59. The molecule has 2 bridgehead atoms. The van der Waals surface area contributed by atoms with Crippen LogP contribution in [0, 0.1) is 18.8 Å². The molecule has 2 aromatic heterocycles. The molecule has 4 heterocycles. The van der Waals surface area contributed by atoms with E-state index in [2.05, 4.69) is 50.2 Å². The second kappa shape index (κ2) is 17.6. The van der Waals surface area contributed by atoms with Gasteiger partial charge in [-0.25, -0.2) is 9.67 Å². The standard InChI is InChI=1S/C39H48N8O5/c1-24(2)19-29-23-52-30-16-14-28(15-17-30)21-32(43-37(49)31-13-9-10-18-40-31)38(50)44-33(20-27-11-7-6-8-12-27)39(51)45-35(25(3)4)36-41-26(5)46-47(36)22-34(48)42-29/h6-18,24-25,29,32-33,35H,19-23H2,1-5H3,(H,42,48)(H,43,49)(H,44,50)(H,45,51)/t29-,32-,33-,35-/m0/s1. The van der Waals surface area contributed by atoms with Gasteiger partial charge in [-0.15, -0.1) is 0 Å². The summed E-state index contributed by atoms with van der Waals surface area (Å²) in [6.45, 7) is 9.90. The van der Waals surface area contributed by atoms with Crippen molar-refractivity contribution in [3.05, 3.63) is 107 Å². The predicted molar refractivity (Wildman–Crippen MR) is 195 cm³/mol. The fourth-order valence-corrected chi connectivity index (χ4v) is 6.17. The second-order valence-electron chi connectivity index (χ2n) is 14.0. The van der Waals surface area contributed by atoms with Crippen molar-refractivity contribution in [3.8, 4) is 5.75 Å². The fraction of sp³-hybridized carbons (Fsp3) is 0.410. The number of amides is 4. The van der Waals surface area contributed by atoms with E-state index in [9.17, 15) is 19.2 Å². The van der Waals surface area contributed by atoms with Crippen molar-refractivity contribution in [1.82, 2.24) is 41.0 Å². The number of nitrogens with one attached hydrogen (secondary N) is 4. The molecule has 0 aliphatic carbocycles. The van der Waals surface area contributed by atoms with Crippen LogP contribution in [-0.4, -0.2) is 68.1 Å². The van der Waals surface area contributed by atoms with Gasteiger partial charge in [-0.05, 0) is 60.6 Å². The van der Waals surface area contributed by atoms with Crippen LogP contribution < -0.4 is 26.0 Å². The zero-order valence-corrected chi connectivity index (χ0v) is 30.3. The van der Waals surface area contributed by atoms with Crippen molar-refractivity contribution in [2.75, 3.05) is 6.61 Å². The van der Waals surface area contributed by atoms with Gasteiger partial charge in [0.2, 0.25) is 17.7 Å². The first kappa shape index (κ1) is 37.7. The highest BCUT2D eigenvalue weighted by Crippen LogP contribution is 2.22. The largest absolute Gasteiger partial charge is 0.491 e. The molecular weight excluding hydrogens is 660 g/mol. The molecule has 4 amide bonds. The molecule has 274 valence electrons. The molecule has 0 saturated carbocycles. The maximum Gasteiger partial charge on any atom is 0.270 e. The minimum absolute atomic E-state index is 0.111. The average molecular weight is 709 g/mol. The maximum atomic E-state index is 14.3. The van der Waals surface area contributed by atoms with Crippen LogP contribution in [0.2, 0.25) is 0 Å². The SMILES string of the molecule is Cc1nc2n(n1)CC(=O)N[C@@H](CC(C)C)COc1ccc(cc1)C[C@H](NC(=O)c1ccccn1)C(=O)N[C@@H](Cc1ccccc1)C(=O)N[C@H]2C(C)C. The Morgan fingerprint density at radius 1 is 0.923 bits per heavy atom. The van der Waals surface area contributed by atoms with Crippen molar-refractivity contribution in [2.24, 2.45) is 11.8 Å². The quantitative estimate of drug-likeness (QED) is 0.226. The number of pyridine rings is 1. The molecule has 0 fully saturated rings. The Kier molecular flexibility index (Phi) is 12.7. The Bertz CT molecular complexity index is 1810. The van der Waals surface area contributed by atoms with Crippen molar-refractivity contribution in [2.45, 2.75) is 84.6 Å². The normalized spacial score (nSPS) is 20.3. The van der Waals surface area contributed by atoms with E-state index in [0.29, 0.717) is 29.7 Å². The molecule has 52 heavy (non-hydrogen) atoms. The molecule has 2 aromatic carbocycles. The van der Waals surface area contributed by atoms with Crippen LogP contribution in [0.15, 0.2) is 79.0 Å². The van der Waals surface area contributed by atoms with E-state index in [0.717, 1.165) is 11.1 Å². The van der Waals surface area contributed by atoms with E-state index < -0.39 is 35.8 Å². The highest BCUT2D eigenvalue weighted by molar-refractivity contribution is 5.97. The minimum atomic E-state index is -1.05.